The molecule has 1 fully saturated rings. The molecule has 2 aliphatic carbocycles. The van der Waals surface area contributed by atoms with Gasteiger partial charge in [-0.25, -0.2) is 0 Å². The van der Waals surface area contributed by atoms with Crippen LogP contribution in [0.25, 0.3) is 0 Å². The molecule has 0 aliphatic heterocycles. The van der Waals surface area contributed by atoms with Crippen molar-refractivity contribution < 1.29 is 5.11 Å². The number of aliphatic hydroxyl groups is 1. The van der Waals surface area contributed by atoms with Crippen LogP contribution in [0.1, 0.15) is 66.2 Å². The summed E-state index contributed by atoms with van der Waals surface area (Å²) in [6.45, 7) is 9.18. The molecule has 0 saturated heterocycles. The van der Waals surface area contributed by atoms with E-state index in [2.05, 4.69) is 33.8 Å². The van der Waals surface area contributed by atoms with Crippen molar-refractivity contribution in [2.24, 2.45) is 16.7 Å². The summed E-state index contributed by atoms with van der Waals surface area (Å²) in [5, 5.41) is 10.6. The van der Waals surface area contributed by atoms with Crippen LogP contribution in [0.5, 0.6) is 0 Å². The Morgan fingerprint density at radius 2 is 1.65 bits per heavy atom. The second-order valence-corrected chi connectivity index (χ2v) is 7.10. The van der Waals surface area contributed by atoms with Gasteiger partial charge in [0, 0.05) is 0 Å². The number of hydrogen-bond acceptors (Lipinski definition) is 1. The van der Waals surface area contributed by atoms with Gasteiger partial charge in [0.05, 0.1) is 6.10 Å². The van der Waals surface area contributed by atoms with E-state index in [-0.39, 0.29) is 16.9 Å². The summed E-state index contributed by atoms with van der Waals surface area (Å²) in [4.78, 5) is 0. The van der Waals surface area contributed by atoms with Crippen molar-refractivity contribution in [3.05, 3.63) is 11.6 Å². The molecule has 0 aromatic carbocycles. The van der Waals surface area contributed by atoms with Gasteiger partial charge in [-0.1, -0.05) is 46.6 Å². The normalized spacial score (nSPS) is 30.1. The van der Waals surface area contributed by atoms with Gasteiger partial charge in [0.1, 0.15) is 0 Å². The molecule has 0 radical (unpaired) electrons. The third-order valence-electron chi connectivity index (χ3n) is 5.65. The van der Waals surface area contributed by atoms with Crippen LogP contribution in [0, 0.1) is 16.7 Å². The molecular weight excluding hydrogens is 208 g/mol. The molecule has 1 saturated carbocycles. The third-order valence-corrected chi connectivity index (χ3v) is 5.65. The van der Waals surface area contributed by atoms with E-state index in [1.54, 1.807) is 0 Å². The summed E-state index contributed by atoms with van der Waals surface area (Å²) in [6.07, 6.45) is 9.67. The molecule has 2 rings (SSSR count). The van der Waals surface area contributed by atoms with Crippen molar-refractivity contribution in [3.8, 4) is 0 Å². The highest BCUT2D eigenvalue weighted by molar-refractivity contribution is 5.23. The molecule has 98 valence electrons. The fourth-order valence-corrected chi connectivity index (χ4v) is 3.74. The Labute approximate surface area is 106 Å². The van der Waals surface area contributed by atoms with Gasteiger partial charge >= 0.3 is 0 Å². The molecule has 17 heavy (non-hydrogen) atoms. The Morgan fingerprint density at radius 3 is 2.24 bits per heavy atom. The molecule has 0 aromatic heterocycles. The summed E-state index contributed by atoms with van der Waals surface area (Å²) in [5.74, 6) is 0.445. The predicted molar refractivity (Wildman–Crippen MR) is 72.8 cm³/mol. The molecule has 0 aromatic rings. The number of aliphatic hydroxyl groups excluding tert-OH is 1. The van der Waals surface area contributed by atoms with Crippen molar-refractivity contribution in [1.82, 2.24) is 0 Å². The summed E-state index contributed by atoms with van der Waals surface area (Å²) >= 11 is 0. The van der Waals surface area contributed by atoms with Crippen LogP contribution in [0.4, 0.5) is 0 Å². The van der Waals surface area contributed by atoms with E-state index in [0.29, 0.717) is 5.92 Å². The maximum absolute atomic E-state index is 10.6. The lowest BCUT2D eigenvalue weighted by Crippen LogP contribution is -2.18. The number of allylic oxidation sites excluding steroid dienone is 1. The van der Waals surface area contributed by atoms with Crippen LogP contribution in [0.2, 0.25) is 0 Å². The van der Waals surface area contributed by atoms with E-state index < -0.39 is 0 Å². The van der Waals surface area contributed by atoms with E-state index in [1.165, 1.54) is 37.7 Å². The Hall–Kier alpha value is -0.300. The maximum atomic E-state index is 10.6. The van der Waals surface area contributed by atoms with E-state index in [4.69, 9.17) is 0 Å². The second kappa shape index (κ2) is 4.42. The van der Waals surface area contributed by atoms with Crippen molar-refractivity contribution in [1.29, 1.82) is 0 Å². The smallest absolute Gasteiger partial charge is 0.0788 e. The SMILES string of the molecule is CC1(C)C(C(O)C2=CCCCCCC2)C1(C)C. The fraction of sp³-hybridized carbons (Fsp3) is 0.875. The zero-order chi connectivity index (χ0) is 12.7. The van der Waals surface area contributed by atoms with Crippen molar-refractivity contribution in [3.63, 3.8) is 0 Å². The van der Waals surface area contributed by atoms with Crippen LogP contribution in [-0.2, 0) is 0 Å². The first-order valence-corrected chi connectivity index (χ1v) is 7.26. The van der Waals surface area contributed by atoms with Gasteiger partial charge in [0.15, 0.2) is 0 Å². The molecule has 0 bridgehead atoms. The van der Waals surface area contributed by atoms with Crippen molar-refractivity contribution in [2.75, 3.05) is 0 Å². The molecule has 1 atom stereocenters. The third kappa shape index (κ3) is 2.19. The largest absolute Gasteiger partial charge is 0.388 e. The number of rotatable bonds is 2. The lowest BCUT2D eigenvalue weighted by molar-refractivity contribution is 0.158. The summed E-state index contributed by atoms with van der Waals surface area (Å²) in [5.41, 5.74) is 1.90. The van der Waals surface area contributed by atoms with E-state index >= 15 is 0 Å². The topological polar surface area (TPSA) is 20.2 Å². The lowest BCUT2D eigenvalue weighted by Gasteiger charge is -2.19. The Bertz CT molecular complexity index is 297. The van der Waals surface area contributed by atoms with E-state index in [0.717, 1.165) is 6.42 Å². The van der Waals surface area contributed by atoms with E-state index in [9.17, 15) is 5.11 Å². The van der Waals surface area contributed by atoms with Gasteiger partial charge in [0.25, 0.3) is 0 Å². The van der Waals surface area contributed by atoms with Crippen molar-refractivity contribution >= 4 is 0 Å². The highest BCUT2D eigenvalue weighted by Crippen LogP contribution is 2.70. The zero-order valence-corrected chi connectivity index (χ0v) is 11.9. The zero-order valence-electron chi connectivity index (χ0n) is 11.9. The molecule has 2 aliphatic rings. The van der Waals surface area contributed by atoms with E-state index in [1.807, 2.05) is 0 Å². The lowest BCUT2D eigenvalue weighted by atomic mass is 9.91. The van der Waals surface area contributed by atoms with Gasteiger partial charge in [0.2, 0.25) is 0 Å². The molecule has 0 amide bonds. The summed E-state index contributed by atoms with van der Waals surface area (Å²) in [7, 11) is 0. The van der Waals surface area contributed by atoms with Gasteiger partial charge in [-0.2, -0.15) is 0 Å². The van der Waals surface area contributed by atoms with Gasteiger partial charge in [-0.15, -0.1) is 0 Å². The highest BCUT2D eigenvalue weighted by Gasteiger charge is 2.67. The van der Waals surface area contributed by atoms with Gasteiger partial charge < -0.3 is 5.11 Å². The quantitative estimate of drug-likeness (QED) is 0.708. The minimum absolute atomic E-state index is 0.196. The first-order chi connectivity index (χ1) is 7.89. The van der Waals surface area contributed by atoms with Crippen LogP contribution >= 0.6 is 0 Å². The Morgan fingerprint density at radius 1 is 1.06 bits per heavy atom. The Balaban J connectivity index is 2.07. The second-order valence-electron chi connectivity index (χ2n) is 7.10. The molecule has 1 unspecified atom stereocenters. The molecular formula is C16H28O. The van der Waals surface area contributed by atoms with Crippen molar-refractivity contribution in [2.45, 2.75) is 72.3 Å². The first kappa shape index (κ1) is 13.1. The maximum Gasteiger partial charge on any atom is 0.0788 e. The van der Waals surface area contributed by atoms with Crippen LogP contribution in [0.15, 0.2) is 11.6 Å². The van der Waals surface area contributed by atoms with Crippen LogP contribution < -0.4 is 0 Å². The molecule has 1 N–H and O–H groups in total. The fourth-order valence-electron chi connectivity index (χ4n) is 3.74. The number of hydrogen-bond donors (Lipinski definition) is 1. The molecule has 0 heterocycles. The summed E-state index contributed by atoms with van der Waals surface area (Å²) < 4.78 is 0. The molecule has 1 nitrogen and oxygen atoms in total. The predicted octanol–water partition coefficient (Wildman–Crippen LogP) is 4.31. The summed E-state index contributed by atoms with van der Waals surface area (Å²) in [6, 6.07) is 0. The average Bonchev–Trinajstić information content (AvgIpc) is 2.55. The average molecular weight is 236 g/mol. The molecule has 0 spiro atoms. The minimum Gasteiger partial charge on any atom is -0.388 e. The highest BCUT2D eigenvalue weighted by atomic mass is 16.3. The molecule has 1 heteroatoms. The minimum atomic E-state index is -0.196. The standard InChI is InChI=1S/C16H28O/c1-15(2)14(16(15,3)4)13(17)12-10-8-6-5-7-9-11-12/h10,13-14,17H,5-9,11H2,1-4H3. The first-order valence-electron chi connectivity index (χ1n) is 7.26. The Kier molecular flexibility index (Phi) is 3.42. The van der Waals surface area contributed by atoms with Gasteiger partial charge in [-0.05, 0) is 48.0 Å². The van der Waals surface area contributed by atoms with Gasteiger partial charge in [-0.3, -0.25) is 0 Å². The monoisotopic (exact) mass is 236 g/mol. The van der Waals surface area contributed by atoms with Crippen LogP contribution in [-0.4, -0.2) is 11.2 Å². The van der Waals surface area contributed by atoms with Crippen LogP contribution in [0.3, 0.4) is 0 Å².